The molecular weight excluding hydrogens is 305 g/mol. The zero-order valence-corrected chi connectivity index (χ0v) is 12.8. The first-order valence-corrected chi connectivity index (χ1v) is 8.74. The zero-order chi connectivity index (χ0) is 14.0. The molecule has 106 valence electrons. The number of sulfone groups is 1. The molecule has 0 heterocycles. The van der Waals surface area contributed by atoms with Gasteiger partial charge in [0.15, 0.2) is 9.84 Å². The van der Waals surface area contributed by atoms with Gasteiger partial charge < -0.3 is 5.73 Å². The van der Waals surface area contributed by atoms with Gasteiger partial charge in [-0.05, 0) is 43.4 Å². The number of benzene rings is 1. The molecule has 0 saturated heterocycles. The number of nitrogens with two attached hydrogens (primary N) is 1. The smallest absolute Gasteiger partial charge is 0.178 e. The van der Waals surface area contributed by atoms with E-state index in [1.807, 2.05) is 0 Å². The molecule has 2 N–H and O–H groups in total. The van der Waals surface area contributed by atoms with Crippen LogP contribution in [0, 0.1) is 5.92 Å². The van der Waals surface area contributed by atoms with Crippen LogP contribution in [0.2, 0.25) is 10.0 Å². The van der Waals surface area contributed by atoms with Crippen LogP contribution in [-0.2, 0) is 9.84 Å². The fourth-order valence-electron chi connectivity index (χ4n) is 2.52. The maximum atomic E-state index is 12.2. The third-order valence-corrected chi connectivity index (χ3v) is 6.21. The van der Waals surface area contributed by atoms with Crippen molar-refractivity contribution in [2.45, 2.75) is 36.6 Å². The quantitative estimate of drug-likeness (QED) is 0.925. The van der Waals surface area contributed by atoms with Crippen LogP contribution in [-0.4, -0.2) is 20.2 Å². The van der Waals surface area contributed by atoms with Crippen molar-refractivity contribution >= 4 is 33.0 Å². The van der Waals surface area contributed by atoms with Gasteiger partial charge in [0.05, 0.1) is 20.7 Å². The monoisotopic (exact) mass is 321 g/mol. The molecule has 2 atom stereocenters. The first-order valence-electron chi connectivity index (χ1n) is 6.33. The zero-order valence-electron chi connectivity index (χ0n) is 10.5. The Bertz CT molecular complexity index is 560. The highest BCUT2D eigenvalue weighted by Gasteiger charge is 2.26. The molecule has 6 heteroatoms. The molecule has 0 amide bonds. The molecule has 0 bridgehead atoms. The first-order chi connectivity index (χ1) is 8.90. The fraction of sp³-hybridized carbons (Fsp3) is 0.538. The summed E-state index contributed by atoms with van der Waals surface area (Å²) in [6.07, 6.45) is 3.73. The van der Waals surface area contributed by atoms with Crippen molar-refractivity contribution < 1.29 is 8.42 Å². The Morgan fingerprint density at radius 3 is 2.53 bits per heavy atom. The molecule has 0 aromatic heterocycles. The van der Waals surface area contributed by atoms with Crippen LogP contribution in [0.15, 0.2) is 23.1 Å². The van der Waals surface area contributed by atoms with E-state index in [2.05, 4.69) is 0 Å². The summed E-state index contributed by atoms with van der Waals surface area (Å²) >= 11 is 11.6. The Morgan fingerprint density at radius 1 is 1.21 bits per heavy atom. The van der Waals surface area contributed by atoms with Gasteiger partial charge in [-0.3, -0.25) is 0 Å². The number of halogens is 2. The van der Waals surface area contributed by atoms with Gasteiger partial charge >= 0.3 is 0 Å². The lowest BCUT2D eigenvalue weighted by atomic mass is 10.0. The maximum Gasteiger partial charge on any atom is 0.178 e. The van der Waals surface area contributed by atoms with Crippen molar-refractivity contribution in [3.05, 3.63) is 28.2 Å². The first kappa shape index (κ1) is 15.1. The van der Waals surface area contributed by atoms with Crippen molar-refractivity contribution in [3.8, 4) is 0 Å². The molecule has 19 heavy (non-hydrogen) atoms. The second kappa shape index (κ2) is 6.00. The lowest BCUT2D eigenvalue weighted by Crippen LogP contribution is -2.26. The van der Waals surface area contributed by atoms with Crippen molar-refractivity contribution in [2.24, 2.45) is 11.7 Å². The average Bonchev–Trinajstić information content (AvgIpc) is 2.76. The minimum absolute atomic E-state index is 0.114. The number of hydrogen-bond acceptors (Lipinski definition) is 3. The average molecular weight is 322 g/mol. The standard InChI is InChI=1S/C13H17Cl2NO2S/c14-11-5-4-10(8-12(11)15)19(17,18)7-6-9-2-1-3-13(9)16/h4-5,8-9,13H,1-3,6-7,16H2. The molecule has 1 aliphatic carbocycles. The van der Waals surface area contributed by atoms with Gasteiger partial charge in [0.2, 0.25) is 0 Å². The molecule has 1 saturated carbocycles. The van der Waals surface area contributed by atoms with E-state index in [1.54, 1.807) is 0 Å². The number of hydrogen-bond donors (Lipinski definition) is 1. The number of rotatable bonds is 4. The van der Waals surface area contributed by atoms with Gasteiger partial charge in [0, 0.05) is 6.04 Å². The lowest BCUT2D eigenvalue weighted by molar-refractivity contribution is 0.464. The van der Waals surface area contributed by atoms with E-state index in [0.29, 0.717) is 17.4 Å². The van der Waals surface area contributed by atoms with Crippen molar-refractivity contribution in [2.75, 3.05) is 5.75 Å². The van der Waals surface area contributed by atoms with Crippen LogP contribution in [0.1, 0.15) is 25.7 Å². The van der Waals surface area contributed by atoms with Gasteiger partial charge in [-0.1, -0.05) is 29.6 Å². The molecular formula is C13H17Cl2NO2S. The highest BCUT2D eigenvalue weighted by Crippen LogP contribution is 2.29. The predicted molar refractivity (Wildman–Crippen MR) is 78.4 cm³/mol. The minimum atomic E-state index is -3.31. The molecule has 3 nitrogen and oxygen atoms in total. The second-order valence-corrected chi connectivity index (χ2v) is 7.96. The second-order valence-electron chi connectivity index (χ2n) is 5.04. The Balaban J connectivity index is 2.07. The van der Waals surface area contributed by atoms with Gasteiger partial charge in [0.1, 0.15) is 0 Å². The molecule has 1 aromatic carbocycles. The Kier molecular flexibility index (Phi) is 4.77. The molecule has 0 radical (unpaired) electrons. The van der Waals surface area contributed by atoms with E-state index in [9.17, 15) is 8.42 Å². The largest absolute Gasteiger partial charge is 0.327 e. The molecule has 2 unspecified atom stereocenters. The summed E-state index contributed by atoms with van der Waals surface area (Å²) in [6, 6.07) is 4.56. The molecule has 0 aliphatic heterocycles. The summed E-state index contributed by atoms with van der Waals surface area (Å²) in [4.78, 5) is 0.230. The van der Waals surface area contributed by atoms with Crippen LogP contribution >= 0.6 is 23.2 Å². The summed E-state index contributed by atoms with van der Waals surface area (Å²) in [6.45, 7) is 0. The van der Waals surface area contributed by atoms with Gasteiger partial charge in [-0.25, -0.2) is 8.42 Å². The fourth-order valence-corrected chi connectivity index (χ4v) is 4.30. The van der Waals surface area contributed by atoms with Gasteiger partial charge in [-0.15, -0.1) is 0 Å². The normalized spacial score (nSPS) is 23.7. The van der Waals surface area contributed by atoms with Crippen LogP contribution in [0.5, 0.6) is 0 Å². The lowest BCUT2D eigenvalue weighted by Gasteiger charge is -2.15. The van der Waals surface area contributed by atoms with Crippen molar-refractivity contribution in [1.82, 2.24) is 0 Å². The summed E-state index contributed by atoms with van der Waals surface area (Å²) < 4.78 is 24.4. The van der Waals surface area contributed by atoms with E-state index in [1.165, 1.54) is 18.2 Å². The highest BCUT2D eigenvalue weighted by molar-refractivity contribution is 7.91. The van der Waals surface area contributed by atoms with E-state index < -0.39 is 9.84 Å². The maximum absolute atomic E-state index is 12.2. The van der Waals surface area contributed by atoms with E-state index in [4.69, 9.17) is 28.9 Å². The van der Waals surface area contributed by atoms with Crippen LogP contribution in [0.4, 0.5) is 0 Å². The predicted octanol–water partition coefficient (Wildman–Crippen LogP) is 3.28. The molecule has 1 aliphatic rings. The Labute approximate surface area is 124 Å². The summed E-state index contributed by atoms with van der Waals surface area (Å²) in [5, 5.41) is 0.624. The SMILES string of the molecule is NC1CCCC1CCS(=O)(=O)c1ccc(Cl)c(Cl)c1. The van der Waals surface area contributed by atoms with Crippen LogP contribution in [0.3, 0.4) is 0 Å². The molecule has 0 spiro atoms. The molecule has 1 fully saturated rings. The third kappa shape index (κ3) is 3.63. The Morgan fingerprint density at radius 2 is 1.95 bits per heavy atom. The highest BCUT2D eigenvalue weighted by atomic mass is 35.5. The van der Waals surface area contributed by atoms with Gasteiger partial charge in [-0.2, -0.15) is 0 Å². The molecule has 2 rings (SSSR count). The van der Waals surface area contributed by atoms with E-state index in [0.717, 1.165) is 19.3 Å². The van der Waals surface area contributed by atoms with Crippen molar-refractivity contribution in [3.63, 3.8) is 0 Å². The van der Waals surface area contributed by atoms with Crippen LogP contribution < -0.4 is 5.73 Å². The summed E-state index contributed by atoms with van der Waals surface area (Å²) in [5.74, 6) is 0.432. The summed E-state index contributed by atoms with van der Waals surface area (Å²) in [7, 11) is -3.31. The Hall–Kier alpha value is -0.290. The third-order valence-electron chi connectivity index (χ3n) is 3.73. The van der Waals surface area contributed by atoms with E-state index >= 15 is 0 Å². The minimum Gasteiger partial charge on any atom is -0.327 e. The molecule has 1 aromatic rings. The van der Waals surface area contributed by atoms with Crippen molar-refractivity contribution in [1.29, 1.82) is 0 Å². The van der Waals surface area contributed by atoms with E-state index in [-0.39, 0.29) is 21.7 Å². The van der Waals surface area contributed by atoms with Gasteiger partial charge in [0.25, 0.3) is 0 Å². The topological polar surface area (TPSA) is 60.2 Å². The summed E-state index contributed by atoms with van der Waals surface area (Å²) in [5.41, 5.74) is 5.96. The van der Waals surface area contributed by atoms with Crippen LogP contribution in [0.25, 0.3) is 0 Å².